The molecular weight excluding hydrogens is 184 g/mol. The summed E-state index contributed by atoms with van der Waals surface area (Å²) in [5.74, 6) is 0. The summed E-state index contributed by atoms with van der Waals surface area (Å²) in [5.41, 5.74) is 4.43. The zero-order chi connectivity index (χ0) is 11.3. The van der Waals surface area contributed by atoms with Crippen molar-refractivity contribution in [3.8, 4) is 0 Å². The molecule has 0 unspecified atom stereocenters. The fraction of sp³-hybridized carbons (Fsp3) is 0.692. The molecule has 1 rings (SSSR count). The molecule has 1 aromatic heterocycles. The van der Waals surface area contributed by atoms with E-state index < -0.39 is 0 Å². The lowest BCUT2D eigenvalue weighted by Crippen LogP contribution is -2.02. The summed E-state index contributed by atoms with van der Waals surface area (Å²) < 4.78 is 0. The zero-order valence-corrected chi connectivity index (χ0v) is 10.4. The van der Waals surface area contributed by atoms with Crippen molar-refractivity contribution in [3.05, 3.63) is 22.8 Å². The van der Waals surface area contributed by atoms with Gasteiger partial charge in [-0.25, -0.2) is 0 Å². The number of hydrogen-bond acceptors (Lipinski definition) is 2. The van der Waals surface area contributed by atoms with Crippen molar-refractivity contribution in [1.29, 1.82) is 0 Å². The van der Waals surface area contributed by atoms with Crippen LogP contribution in [0.1, 0.15) is 55.4 Å². The van der Waals surface area contributed by atoms with Crippen LogP contribution in [0, 0.1) is 20.8 Å². The number of rotatable bonds is 5. The molecule has 0 radical (unpaired) electrons. The molecule has 15 heavy (non-hydrogen) atoms. The third-order valence-corrected chi connectivity index (χ3v) is 2.85. The lowest BCUT2D eigenvalue weighted by Gasteiger charge is -2.07. The zero-order valence-electron chi connectivity index (χ0n) is 10.4. The van der Waals surface area contributed by atoms with Crippen LogP contribution < -0.4 is 0 Å². The highest BCUT2D eigenvalue weighted by molar-refractivity contribution is 5.17. The first-order chi connectivity index (χ1) is 7.15. The molecule has 0 spiro atoms. The van der Waals surface area contributed by atoms with Crippen molar-refractivity contribution in [1.82, 2.24) is 9.97 Å². The summed E-state index contributed by atoms with van der Waals surface area (Å²) in [4.78, 5) is 9.12. The summed E-state index contributed by atoms with van der Waals surface area (Å²) in [6, 6.07) is 0. The van der Waals surface area contributed by atoms with E-state index in [1.807, 2.05) is 13.8 Å². The van der Waals surface area contributed by atoms with E-state index in [2.05, 4.69) is 23.8 Å². The van der Waals surface area contributed by atoms with Gasteiger partial charge in [-0.1, -0.05) is 26.2 Å². The Balaban J connectivity index is 2.57. The molecule has 0 saturated carbocycles. The topological polar surface area (TPSA) is 25.8 Å². The first kappa shape index (κ1) is 12.2. The lowest BCUT2D eigenvalue weighted by atomic mass is 10.1. The molecule has 0 atom stereocenters. The van der Waals surface area contributed by atoms with Crippen molar-refractivity contribution in [2.24, 2.45) is 0 Å². The molecule has 0 amide bonds. The fourth-order valence-corrected chi connectivity index (χ4v) is 1.72. The Labute approximate surface area is 93.2 Å². The van der Waals surface area contributed by atoms with Gasteiger partial charge in [-0.15, -0.1) is 0 Å². The van der Waals surface area contributed by atoms with Gasteiger partial charge < -0.3 is 0 Å². The minimum atomic E-state index is 1.06. The predicted molar refractivity (Wildman–Crippen MR) is 64.1 cm³/mol. The molecule has 2 heteroatoms. The second kappa shape index (κ2) is 5.84. The second-order valence-electron chi connectivity index (χ2n) is 4.24. The molecule has 2 nitrogen and oxygen atoms in total. The van der Waals surface area contributed by atoms with Gasteiger partial charge in [0.25, 0.3) is 0 Å². The largest absolute Gasteiger partial charge is 0.255 e. The van der Waals surface area contributed by atoms with Crippen molar-refractivity contribution in [3.63, 3.8) is 0 Å². The molecule has 0 saturated heterocycles. The van der Waals surface area contributed by atoms with Gasteiger partial charge >= 0.3 is 0 Å². The SMILES string of the molecule is CCCCCCc1nc(C)c(C)nc1C. The molecule has 0 bridgehead atoms. The Kier molecular flexibility index (Phi) is 4.73. The smallest absolute Gasteiger partial charge is 0.0619 e. The van der Waals surface area contributed by atoms with Gasteiger partial charge in [-0.2, -0.15) is 0 Å². The van der Waals surface area contributed by atoms with Crippen LogP contribution in [0.3, 0.4) is 0 Å². The first-order valence-electron chi connectivity index (χ1n) is 5.96. The standard InChI is InChI=1S/C13H22N2/c1-5-6-7-8-9-13-12(4)14-10(2)11(3)15-13/h5-9H2,1-4H3. The maximum atomic E-state index is 4.61. The maximum absolute atomic E-state index is 4.61. The Morgan fingerprint density at radius 3 is 2.13 bits per heavy atom. The van der Waals surface area contributed by atoms with Gasteiger partial charge in [0.05, 0.1) is 22.8 Å². The minimum Gasteiger partial charge on any atom is -0.255 e. The van der Waals surface area contributed by atoms with Crippen molar-refractivity contribution in [2.75, 3.05) is 0 Å². The molecule has 0 aliphatic rings. The van der Waals surface area contributed by atoms with Gasteiger partial charge in [0.15, 0.2) is 0 Å². The Bertz CT molecular complexity index is 319. The van der Waals surface area contributed by atoms with E-state index in [0.717, 1.165) is 23.5 Å². The number of aryl methyl sites for hydroxylation is 4. The Morgan fingerprint density at radius 1 is 0.800 bits per heavy atom. The molecule has 1 aromatic rings. The normalized spacial score (nSPS) is 10.7. The van der Waals surface area contributed by atoms with Gasteiger partial charge in [0, 0.05) is 0 Å². The van der Waals surface area contributed by atoms with Crippen LogP contribution in [0.4, 0.5) is 0 Å². The van der Waals surface area contributed by atoms with Crippen LogP contribution in [0.25, 0.3) is 0 Å². The molecule has 0 aromatic carbocycles. The van der Waals surface area contributed by atoms with Crippen LogP contribution in [0.5, 0.6) is 0 Å². The number of nitrogens with zero attached hydrogens (tertiary/aromatic N) is 2. The van der Waals surface area contributed by atoms with E-state index in [9.17, 15) is 0 Å². The number of hydrogen-bond donors (Lipinski definition) is 0. The summed E-state index contributed by atoms with van der Waals surface area (Å²) in [6.07, 6.45) is 6.26. The summed E-state index contributed by atoms with van der Waals surface area (Å²) in [5, 5.41) is 0. The predicted octanol–water partition coefficient (Wildman–Crippen LogP) is 3.52. The van der Waals surface area contributed by atoms with Crippen molar-refractivity contribution < 1.29 is 0 Å². The summed E-state index contributed by atoms with van der Waals surface area (Å²) in [6.45, 7) is 8.36. The van der Waals surface area contributed by atoms with Crippen LogP contribution in [-0.2, 0) is 6.42 Å². The minimum absolute atomic E-state index is 1.06. The average Bonchev–Trinajstić information content (AvgIpc) is 2.20. The van der Waals surface area contributed by atoms with E-state index in [1.54, 1.807) is 0 Å². The molecule has 0 N–H and O–H groups in total. The van der Waals surface area contributed by atoms with E-state index >= 15 is 0 Å². The highest BCUT2D eigenvalue weighted by Crippen LogP contribution is 2.11. The quantitative estimate of drug-likeness (QED) is 0.689. The molecule has 84 valence electrons. The lowest BCUT2D eigenvalue weighted by molar-refractivity contribution is 0.655. The van der Waals surface area contributed by atoms with Gasteiger partial charge in [-0.3, -0.25) is 9.97 Å². The highest BCUT2D eigenvalue weighted by Gasteiger charge is 2.04. The number of unbranched alkanes of at least 4 members (excludes halogenated alkanes) is 3. The summed E-state index contributed by atoms with van der Waals surface area (Å²) in [7, 11) is 0. The van der Waals surface area contributed by atoms with E-state index in [-0.39, 0.29) is 0 Å². The van der Waals surface area contributed by atoms with Crippen molar-refractivity contribution >= 4 is 0 Å². The van der Waals surface area contributed by atoms with Crippen LogP contribution in [0.15, 0.2) is 0 Å². The molecular formula is C13H22N2. The summed E-state index contributed by atoms with van der Waals surface area (Å²) >= 11 is 0. The average molecular weight is 206 g/mol. The first-order valence-corrected chi connectivity index (χ1v) is 5.96. The van der Waals surface area contributed by atoms with E-state index in [0.29, 0.717) is 0 Å². The molecule has 0 aliphatic heterocycles. The monoisotopic (exact) mass is 206 g/mol. The highest BCUT2D eigenvalue weighted by atomic mass is 14.8. The van der Waals surface area contributed by atoms with E-state index in [4.69, 9.17) is 0 Å². The van der Waals surface area contributed by atoms with Gasteiger partial charge in [0.1, 0.15) is 0 Å². The Hall–Kier alpha value is -0.920. The van der Waals surface area contributed by atoms with Crippen molar-refractivity contribution in [2.45, 2.75) is 59.8 Å². The maximum Gasteiger partial charge on any atom is 0.0619 e. The van der Waals surface area contributed by atoms with Gasteiger partial charge in [-0.05, 0) is 33.6 Å². The van der Waals surface area contributed by atoms with Crippen LogP contribution in [0.2, 0.25) is 0 Å². The fourth-order valence-electron chi connectivity index (χ4n) is 1.72. The molecule has 0 fully saturated rings. The van der Waals surface area contributed by atoms with Crippen LogP contribution >= 0.6 is 0 Å². The Morgan fingerprint density at radius 2 is 1.47 bits per heavy atom. The molecule has 1 heterocycles. The third kappa shape index (κ3) is 3.61. The van der Waals surface area contributed by atoms with E-state index in [1.165, 1.54) is 31.4 Å². The third-order valence-electron chi connectivity index (χ3n) is 2.85. The number of aromatic nitrogens is 2. The van der Waals surface area contributed by atoms with Gasteiger partial charge in [0.2, 0.25) is 0 Å². The molecule has 0 aliphatic carbocycles. The van der Waals surface area contributed by atoms with Crippen LogP contribution in [-0.4, -0.2) is 9.97 Å². The second-order valence-corrected chi connectivity index (χ2v) is 4.24.